The van der Waals surface area contributed by atoms with E-state index in [1.54, 1.807) is 11.0 Å². The Hall–Kier alpha value is -3.02. The summed E-state index contributed by atoms with van der Waals surface area (Å²) in [6.07, 6.45) is 8.55. The van der Waals surface area contributed by atoms with Gasteiger partial charge in [-0.15, -0.1) is 0 Å². The molecule has 46 heavy (non-hydrogen) atoms. The molecule has 1 spiro atoms. The highest BCUT2D eigenvalue weighted by Gasteiger charge is 2.75. The monoisotopic (exact) mass is 699 g/mol. The zero-order valence-corrected chi connectivity index (χ0v) is 28.5. The number of aliphatic hydroxyl groups is 1. The molecule has 2 saturated heterocycles. The van der Waals surface area contributed by atoms with Crippen molar-refractivity contribution in [3.05, 3.63) is 58.6 Å². The van der Waals surface area contributed by atoms with Crippen molar-refractivity contribution in [1.82, 2.24) is 15.1 Å². The minimum Gasteiger partial charge on any atom is -0.463 e. The highest BCUT2D eigenvalue weighted by molar-refractivity contribution is 9.11. The van der Waals surface area contributed by atoms with Crippen LogP contribution in [0.4, 0.5) is 0 Å². The number of esters is 1. The molecule has 0 aromatic heterocycles. The van der Waals surface area contributed by atoms with E-state index in [4.69, 9.17) is 9.47 Å². The van der Waals surface area contributed by atoms with E-state index in [0.29, 0.717) is 30.4 Å². The van der Waals surface area contributed by atoms with E-state index in [1.807, 2.05) is 56.3 Å². The van der Waals surface area contributed by atoms with Crippen LogP contribution in [0.2, 0.25) is 0 Å². The summed E-state index contributed by atoms with van der Waals surface area (Å²) < 4.78 is 12.9. The van der Waals surface area contributed by atoms with E-state index in [9.17, 15) is 24.3 Å². The summed E-state index contributed by atoms with van der Waals surface area (Å²) in [5.74, 6) is -3.25. The fourth-order valence-electron chi connectivity index (χ4n) is 7.41. The highest BCUT2D eigenvalue weighted by atomic mass is 79.9. The van der Waals surface area contributed by atoms with Gasteiger partial charge in [-0.05, 0) is 36.8 Å². The first-order valence-corrected chi connectivity index (χ1v) is 17.4. The van der Waals surface area contributed by atoms with Gasteiger partial charge in [0.1, 0.15) is 24.4 Å². The minimum absolute atomic E-state index is 0.0727. The lowest BCUT2D eigenvalue weighted by Crippen LogP contribution is -2.58. The van der Waals surface area contributed by atoms with Crippen LogP contribution in [0.1, 0.15) is 70.9 Å². The van der Waals surface area contributed by atoms with Crippen molar-refractivity contribution in [3.63, 3.8) is 0 Å². The Labute approximate surface area is 279 Å². The lowest BCUT2D eigenvalue weighted by atomic mass is 9.74. The topological polar surface area (TPSA) is 125 Å². The molecule has 0 aliphatic carbocycles. The van der Waals surface area contributed by atoms with Crippen LogP contribution in [0.15, 0.2) is 53.0 Å². The van der Waals surface area contributed by atoms with Crippen LogP contribution in [0.3, 0.4) is 0 Å². The number of hydrogen-bond donors (Lipinski definition) is 2. The molecule has 1 aromatic rings. The number of likely N-dealkylation sites (tertiary alicyclic amines) is 1. The van der Waals surface area contributed by atoms with Gasteiger partial charge in [0.25, 0.3) is 0 Å². The van der Waals surface area contributed by atoms with E-state index >= 15 is 0 Å². The molecular weight excluding hydrogens is 654 g/mol. The molecule has 5 bridgehead atoms. The number of amides is 3. The fraction of sp³-hybridized carbons (Fsp3) is 0.600. The standard InChI is InChI=1S/C35H46BrN3O7/c1-4-5-11-16-38-17-12-7-10-15-27(41)45-21-26(23-13-8-6-9-14-23)37-32(42)28-29-33(43)39(24(20-40)18-22(2)3)31(34(38)44)35(29)19-25(36)30(28)46-35/h6-9,12-14,19,22,24,26,28-31,40H,4-5,10-11,15-18,20-21H2,1-3H3,(H,37,42)/b12-7-/t24-,26+,28+,29-,30+,31+,35-/m1/s1. The van der Waals surface area contributed by atoms with Crippen LogP contribution in [-0.4, -0.2) is 88.7 Å². The highest BCUT2D eigenvalue weighted by Crippen LogP contribution is 2.59. The number of hydrogen-bond acceptors (Lipinski definition) is 7. The molecule has 2 N–H and O–H groups in total. The first-order valence-electron chi connectivity index (χ1n) is 16.6. The lowest BCUT2D eigenvalue weighted by Gasteiger charge is -2.39. The van der Waals surface area contributed by atoms with Crippen LogP contribution < -0.4 is 5.32 Å². The maximum Gasteiger partial charge on any atom is 0.306 e. The van der Waals surface area contributed by atoms with Gasteiger partial charge < -0.3 is 29.7 Å². The Morgan fingerprint density at radius 2 is 1.85 bits per heavy atom. The number of nitrogens with zero attached hydrogens (tertiary/aromatic N) is 2. The second-order valence-corrected chi connectivity index (χ2v) is 14.1. The molecule has 1 aromatic carbocycles. The van der Waals surface area contributed by atoms with Gasteiger partial charge >= 0.3 is 5.97 Å². The van der Waals surface area contributed by atoms with E-state index in [-0.39, 0.29) is 37.4 Å². The van der Waals surface area contributed by atoms with Gasteiger partial charge in [0.15, 0.2) is 0 Å². The molecule has 4 aliphatic heterocycles. The van der Waals surface area contributed by atoms with Gasteiger partial charge in [-0.3, -0.25) is 19.2 Å². The third kappa shape index (κ3) is 6.69. The molecule has 10 nitrogen and oxygen atoms in total. The molecule has 2 fully saturated rings. The first-order chi connectivity index (χ1) is 22.1. The SMILES string of the molecule is CCCCCN1C/C=C\CCC(=O)OC[C@@H](c2ccccc2)NC(=O)[C@@H]2[C@H]3O[C@@]4(C=C3Br)[C@H](C1=O)N([C@@H](CO)CC(C)C)C(=O)[C@@H]24. The summed E-state index contributed by atoms with van der Waals surface area (Å²) in [7, 11) is 0. The number of aliphatic hydroxyl groups excluding tert-OH is 1. The van der Waals surface area contributed by atoms with E-state index in [2.05, 4.69) is 28.2 Å². The third-order valence-electron chi connectivity index (χ3n) is 9.53. The molecule has 0 radical (unpaired) electrons. The van der Waals surface area contributed by atoms with Crippen LogP contribution in [0.25, 0.3) is 0 Å². The predicted octanol–water partition coefficient (Wildman–Crippen LogP) is 4.04. The number of carbonyl (C=O) groups excluding carboxylic acids is 4. The Bertz CT molecular complexity index is 1350. The van der Waals surface area contributed by atoms with Crippen molar-refractivity contribution in [1.29, 1.82) is 0 Å². The number of ether oxygens (including phenoxy) is 2. The number of fused-ring (bicyclic) bond motifs is 2. The summed E-state index contributed by atoms with van der Waals surface area (Å²) in [5.41, 5.74) is -0.637. The van der Waals surface area contributed by atoms with Crippen molar-refractivity contribution >= 4 is 39.6 Å². The number of allylic oxidation sites excluding steroid dienone is 1. The number of benzene rings is 1. The van der Waals surface area contributed by atoms with Gasteiger partial charge in [-0.1, -0.05) is 92.0 Å². The third-order valence-corrected chi connectivity index (χ3v) is 10.2. The average Bonchev–Trinajstić information content (AvgIpc) is 3.63. The van der Waals surface area contributed by atoms with Crippen molar-refractivity contribution in [3.8, 4) is 0 Å². The molecular formula is C35H46BrN3O7. The van der Waals surface area contributed by atoms with E-state index in [0.717, 1.165) is 24.8 Å². The molecule has 7 atom stereocenters. The number of cyclic esters (lactones) is 1. The summed E-state index contributed by atoms with van der Waals surface area (Å²) in [4.78, 5) is 59.6. The molecule has 4 heterocycles. The van der Waals surface area contributed by atoms with E-state index in [1.165, 1.54) is 4.90 Å². The van der Waals surface area contributed by atoms with Crippen molar-refractivity contribution < 1.29 is 33.8 Å². The number of carbonyl (C=O) groups is 4. The maximum atomic E-state index is 14.8. The van der Waals surface area contributed by atoms with Crippen LogP contribution in [0, 0.1) is 17.8 Å². The Kier molecular flexibility index (Phi) is 11.1. The van der Waals surface area contributed by atoms with Crippen molar-refractivity contribution in [2.75, 3.05) is 26.3 Å². The normalized spacial score (nSPS) is 31.5. The Morgan fingerprint density at radius 1 is 1.09 bits per heavy atom. The largest absolute Gasteiger partial charge is 0.463 e. The second kappa shape index (κ2) is 14.8. The number of nitrogens with one attached hydrogen (secondary N) is 1. The zero-order valence-electron chi connectivity index (χ0n) is 26.9. The molecule has 3 amide bonds. The summed E-state index contributed by atoms with van der Waals surface area (Å²) in [6, 6.07) is 6.90. The Balaban J connectivity index is 1.60. The van der Waals surface area contributed by atoms with Gasteiger partial charge in [0, 0.05) is 24.0 Å². The number of rotatable bonds is 9. The van der Waals surface area contributed by atoms with Gasteiger partial charge in [0.05, 0.1) is 30.5 Å². The maximum absolute atomic E-state index is 14.8. The summed E-state index contributed by atoms with van der Waals surface area (Å²) in [5, 5.41) is 13.7. The summed E-state index contributed by atoms with van der Waals surface area (Å²) in [6.45, 7) is 6.49. The zero-order chi connectivity index (χ0) is 33.0. The molecule has 4 aliphatic rings. The van der Waals surface area contributed by atoms with Crippen molar-refractivity contribution in [2.24, 2.45) is 17.8 Å². The smallest absolute Gasteiger partial charge is 0.306 e. The van der Waals surface area contributed by atoms with Gasteiger partial charge in [0.2, 0.25) is 17.7 Å². The van der Waals surface area contributed by atoms with Crippen LogP contribution >= 0.6 is 15.9 Å². The second-order valence-electron chi connectivity index (χ2n) is 13.2. The average molecular weight is 701 g/mol. The minimum atomic E-state index is -1.39. The molecule has 250 valence electrons. The fourth-order valence-corrected chi connectivity index (χ4v) is 8.15. The quantitative estimate of drug-likeness (QED) is 0.227. The lowest BCUT2D eigenvalue weighted by molar-refractivity contribution is -0.151. The predicted molar refractivity (Wildman–Crippen MR) is 175 cm³/mol. The summed E-state index contributed by atoms with van der Waals surface area (Å²) >= 11 is 3.62. The van der Waals surface area contributed by atoms with Gasteiger partial charge in [-0.25, -0.2) is 0 Å². The first kappa shape index (κ1) is 34.3. The molecule has 0 unspecified atom stereocenters. The molecule has 11 heteroatoms. The van der Waals surface area contributed by atoms with E-state index < -0.39 is 53.5 Å². The van der Waals surface area contributed by atoms with Gasteiger partial charge in [-0.2, -0.15) is 0 Å². The molecule has 5 rings (SSSR count). The van der Waals surface area contributed by atoms with Crippen LogP contribution in [0.5, 0.6) is 0 Å². The molecule has 0 saturated carbocycles. The van der Waals surface area contributed by atoms with Crippen molar-refractivity contribution in [2.45, 2.75) is 89.1 Å². The number of halogens is 1. The Morgan fingerprint density at radius 3 is 2.54 bits per heavy atom. The number of unbranched alkanes of at least 4 members (excludes halogenated alkanes) is 2. The van der Waals surface area contributed by atoms with Crippen LogP contribution in [-0.2, 0) is 28.7 Å².